The van der Waals surface area contributed by atoms with Crippen LogP contribution in [0.25, 0.3) is 11.1 Å². The summed E-state index contributed by atoms with van der Waals surface area (Å²) < 4.78 is 0. The second-order valence-corrected chi connectivity index (χ2v) is 13.5. The standard InChI is InChI=1S/C38H24N2S2/c1-4-14-30-23(9-1)19-25-11-7-18-34-36(25)40(30)32-16-8-12-28(38(32)42-34)26-21-27-20-24-10-2-3-13-29(24)39-31-15-5-6-17-33(31)41-35(22-26)37(27)39/h1-18,21-22H,19-20H2. The largest absolute Gasteiger partial charge is 0.308 e. The Kier molecular flexibility index (Phi) is 4.74. The van der Waals surface area contributed by atoms with Crippen molar-refractivity contribution in [3.8, 4) is 11.1 Å². The average molecular weight is 573 g/mol. The highest BCUT2D eigenvalue weighted by Gasteiger charge is 2.35. The zero-order chi connectivity index (χ0) is 27.4. The number of nitrogens with zero attached hydrogens (tertiary/aromatic N) is 2. The third-order valence-corrected chi connectivity index (χ3v) is 11.3. The molecule has 2 nitrogen and oxygen atoms in total. The fourth-order valence-electron chi connectivity index (χ4n) is 7.23. The van der Waals surface area contributed by atoms with Crippen LogP contribution in [0.2, 0.25) is 0 Å². The normalized spacial score (nSPS) is 14.7. The quantitative estimate of drug-likeness (QED) is 0.193. The molecule has 0 saturated carbocycles. The minimum absolute atomic E-state index is 0.944. The molecule has 0 aliphatic carbocycles. The molecule has 42 heavy (non-hydrogen) atoms. The molecule has 0 N–H and O–H groups in total. The molecule has 0 radical (unpaired) electrons. The zero-order valence-electron chi connectivity index (χ0n) is 22.7. The zero-order valence-corrected chi connectivity index (χ0v) is 24.3. The van der Waals surface area contributed by atoms with Crippen LogP contribution in [0.1, 0.15) is 22.3 Å². The van der Waals surface area contributed by atoms with Crippen molar-refractivity contribution in [3.63, 3.8) is 0 Å². The molecule has 198 valence electrons. The predicted octanol–water partition coefficient (Wildman–Crippen LogP) is 11.0. The number of benzene rings is 6. The Morgan fingerprint density at radius 2 is 1.02 bits per heavy atom. The van der Waals surface area contributed by atoms with Gasteiger partial charge in [-0.2, -0.15) is 0 Å². The van der Waals surface area contributed by atoms with E-state index >= 15 is 0 Å². The van der Waals surface area contributed by atoms with Gasteiger partial charge in [0.15, 0.2) is 0 Å². The van der Waals surface area contributed by atoms with Gasteiger partial charge in [-0.25, -0.2) is 0 Å². The van der Waals surface area contributed by atoms with Crippen molar-refractivity contribution in [3.05, 3.63) is 144 Å². The van der Waals surface area contributed by atoms with Crippen molar-refractivity contribution >= 4 is 57.6 Å². The molecule has 6 aromatic carbocycles. The molecule has 0 aromatic heterocycles. The molecule has 6 aromatic rings. The Balaban J connectivity index is 1.19. The maximum absolute atomic E-state index is 2.52. The van der Waals surface area contributed by atoms with Crippen LogP contribution >= 0.6 is 23.5 Å². The van der Waals surface area contributed by atoms with Gasteiger partial charge in [0.05, 0.1) is 22.7 Å². The summed E-state index contributed by atoms with van der Waals surface area (Å²) in [7, 11) is 0. The van der Waals surface area contributed by atoms with Gasteiger partial charge in [-0.3, -0.25) is 0 Å². The van der Waals surface area contributed by atoms with E-state index in [1.807, 2.05) is 23.5 Å². The Morgan fingerprint density at radius 1 is 0.429 bits per heavy atom. The van der Waals surface area contributed by atoms with E-state index in [-0.39, 0.29) is 0 Å². The lowest BCUT2D eigenvalue weighted by atomic mass is 9.91. The van der Waals surface area contributed by atoms with Gasteiger partial charge in [0.2, 0.25) is 0 Å². The summed E-state index contributed by atoms with van der Waals surface area (Å²) in [6.45, 7) is 0. The summed E-state index contributed by atoms with van der Waals surface area (Å²) in [5, 5.41) is 0. The Hall–Kier alpha value is -4.38. The fourth-order valence-corrected chi connectivity index (χ4v) is 9.63. The monoisotopic (exact) mass is 572 g/mol. The highest BCUT2D eigenvalue weighted by molar-refractivity contribution is 8.00. The van der Waals surface area contributed by atoms with Gasteiger partial charge in [0.1, 0.15) is 0 Å². The Morgan fingerprint density at radius 3 is 1.86 bits per heavy atom. The van der Waals surface area contributed by atoms with Gasteiger partial charge in [-0.1, -0.05) is 96.3 Å². The molecule has 10 rings (SSSR count). The summed E-state index contributed by atoms with van der Waals surface area (Å²) in [6.07, 6.45) is 1.93. The van der Waals surface area contributed by atoms with Gasteiger partial charge in [0.25, 0.3) is 0 Å². The second kappa shape index (κ2) is 8.57. The molecule has 0 spiro atoms. The van der Waals surface area contributed by atoms with Crippen LogP contribution in [0.5, 0.6) is 0 Å². The van der Waals surface area contributed by atoms with Crippen molar-refractivity contribution < 1.29 is 0 Å². The first-order chi connectivity index (χ1) is 20.8. The van der Waals surface area contributed by atoms with E-state index in [1.165, 1.54) is 87.1 Å². The van der Waals surface area contributed by atoms with Gasteiger partial charge in [0, 0.05) is 43.8 Å². The molecule has 0 unspecified atom stereocenters. The highest BCUT2D eigenvalue weighted by Crippen LogP contribution is 2.60. The molecule has 0 saturated heterocycles. The van der Waals surface area contributed by atoms with Crippen molar-refractivity contribution in [2.24, 2.45) is 0 Å². The molecule has 4 aliphatic heterocycles. The lowest BCUT2D eigenvalue weighted by Gasteiger charge is -2.40. The maximum atomic E-state index is 2.52. The fraction of sp³-hybridized carbons (Fsp3) is 0.0526. The van der Waals surface area contributed by atoms with Crippen LogP contribution in [-0.4, -0.2) is 0 Å². The second-order valence-electron chi connectivity index (χ2n) is 11.4. The van der Waals surface area contributed by atoms with Crippen molar-refractivity contribution in [2.75, 3.05) is 9.80 Å². The minimum atomic E-state index is 0.944. The Bertz CT molecular complexity index is 2060. The molecular weight excluding hydrogens is 549 g/mol. The van der Waals surface area contributed by atoms with E-state index in [0.29, 0.717) is 0 Å². The van der Waals surface area contributed by atoms with E-state index in [0.717, 1.165) is 12.8 Å². The molecule has 4 heterocycles. The Labute approximate surface area is 253 Å². The number of rotatable bonds is 1. The lowest BCUT2D eigenvalue weighted by molar-refractivity contribution is 1.03. The predicted molar refractivity (Wildman–Crippen MR) is 175 cm³/mol. The van der Waals surface area contributed by atoms with Crippen LogP contribution in [0.3, 0.4) is 0 Å². The molecule has 0 amide bonds. The van der Waals surface area contributed by atoms with E-state index in [1.54, 1.807) is 0 Å². The van der Waals surface area contributed by atoms with E-state index in [4.69, 9.17) is 0 Å². The SMILES string of the molecule is c1ccc2c(c1)Cc1cc(-c3cccc4c3Sc3cccc5c3N4c3ccccc3C5)cc3c1N2c1ccccc1S3. The first-order valence-electron chi connectivity index (χ1n) is 14.4. The topological polar surface area (TPSA) is 6.48 Å². The molecule has 0 bridgehead atoms. The first kappa shape index (κ1) is 23.2. The lowest BCUT2D eigenvalue weighted by Crippen LogP contribution is -2.22. The number of para-hydroxylation sites is 4. The van der Waals surface area contributed by atoms with E-state index in [9.17, 15) is 0 Å². The highest BCUT2D eigenvalue weighted by atomic mass is 32.2. The van der Waals surface area contributed by atoms with Crippen LogP contribution in [0, 0.1) is 0 Å². The summed E-state index contributed by atoms with van der Waals surface area (Å²) in [5.74, 6) is 0. The molecule has 4 heteroatoms. The first-order valence-corrected chi connectivity index (χ1v) is 16.1. The van der Waals surface area contributed by atoms with Gasteiger partial charge in [-0.15, -0.1) is 0 Å². The van der Waals surface area contributed by atoms with Gasteiger partial charge in [-0.05, 0) is 81.9 Å². The molecule has 0 atom stereocenters. The number of anilines is 6. The smallest absolute Gasteiger partial charge is 0.0637 e. The average Bonchev–Trinajstić information content (AvgIpc) is 3.04. The van der Waals surface area contributed by atoms with Gasteiger partial charge < -0.3 is 9.80 Å². The molecule has 4 aliphatic rings. The van der Waals surface area contributed by atoms with Crippen molar-refractivity contribution in [1.29, 1.82) is 0 Å². The third kappa shape index (κ3) is 3.14. The van der Waals surface area contributed by atoms with Crippen LogP contribution in [-0.2, 0) is 12.8 Å². The summed E-state index contributed by atoms with van der Waals surface area (Å²) in [5.41, 5.74) is 16.0. The van der Waals surface area contributed by atoms with Crippen LogP contribution in [0.4, 0.5) is 34.1 Å². The third-order valence-electron chi connectivity index (χ3n) is 8.99. The minimum Gasteiger partial charge on any atom is -0.308 e. The summed E-state index contributed by atoms with van der Waals surface area (Å²) >= 11 is 3.84. The molecule has 0 fully saturated rings. The van der Waals surface area contributed by atoms with Gasteiger partial charge >= 0.3 is 0 Å². The summed E-state index contributed by atoms with van der Waals surface area (Å²) in [4.78, 5) is 10.3. The van der Waals surface area contributed by atoms with Crippen molar-refractivity contribution in [2.45, 2.75) is 32.4 Å². The van der Waals surface area contributed by atoms with Crippen molar-refractivity contribution in [1.82, 2.24) is 0 Å². The number of hydrogen-bond donors (Lipinski definition) is 0. The van der Waals surface area contributed by atoms with E-state index < -0.39 is 0 Å². The van der Waals surface area contributed by atoms with Crippen LogP contribution in [0.15, 0.2) is 141 Å². The number of fused-ring (bicyclic) bond motifs is 8. The maximum Gasteiger partial charge on any atom is 0.0637 e. The summed E-state index contributed by atoms with van der Waals surface area (Å²) in [6, 6.07) is 45.2. The molecular formula is C38H24N2S2. The van der Waals surface area contributed by atoms with Crippen LogP contribution < -0.4 is 9.80 Å². The van der Waals surface area contributed by atoms with E-state index in [2.05, 4.69) is 131 Å². The number of hydrogen-bond acceptors (Lipinski definition) is 4.